The number of thiophene rings is 2. The van der Waals surface area contributed by atoms with E-state index in [1.165, 1.54) is 36.9 Å². The lowest BCUT2D eigenvalue weighted by atomic mass is 10.4. The van der Waals surface area contributed by atoms with Crippen LogP contribution in [0.1, 0.15) is 29.1 Å². The number of methoxy groups -OCH3 is 2. The summed E-state index contributed by atoms with van der Waals surface area (Å²) in [4.78, 5) is 25.0. The highest BCUT2D eigenvalue weighted by Gasteiger charge is 2.14. The molecule has 2 aromatic heterocycles. The Morgan fingerprint density at radius 2 is 1.52 bits per heavy atom. The highest BCUT2D eigenvalue weighted by molar-refractivity contribution is 9.08. The first-order chi connectivity index (χ1) is 10.8. The fourth-order valence-corrected chi connectivity index (χ4v) is 4.38. The van der Waals surface area contributed by atoms with Crippen LogP contribution in [0.2, 0.25) is 10.0 Å². The van der Waals surface area contributed by atoms with Crippen molar-refractivity contribution in [2.75, 3.05) is 14.2 Å². The van der Waals surface area contributed by atoms with Crippen LogP contribution in [0.5, 0.6) is 0 Å². The molecule has 0 saturated heterocycles. The molecule has 0 radical (unpaired) electrons. The Morgan fingerprint density at radius 1 is 1.04 bits per heavy atom. The van der Waals surface area contributed by atoms with Crippen molar-refractivity contribution in [3.05, 3.63) is 41.7 Å². The van der Waals surface area contributed by atoms with Gasteiger partial charge in [-0.3, -0.25) is 0 Å². The molecule has 0 spiro atoms. The second-order valence-electron chi connectivity index (χ2n) is 4.04. The fourth-order valence-electron chi connectivity index (χ4n) is 1.43. The van der Waals surface area contributed by atoms with Crippen LogP contribution in [0.25, 0.3) is 0 Å². The van der Waals surface area contributed by atoms with Crippen molar-refractivity contribution in [1.29, 1.82) is 0 Å². The number of ether oxygens (including phenoxy) is 2. The van der Waals surface area contributed by atoms with Crippen LogP contribution in [0.15, 0.2) is 12.1 Å². The number of rotatable bonds is 3. The molecule has 0 atom stereocenters. The molecular formula is C14H13BrCl2O4S2. The number of hydrogen-bond donors (Lipinski definition) is 0. The Hall–Kier alpha value is -0.600. The van der Waals surface area contributed by atoms with Gasteiger partial charge in [0.25, 0.3) is 0 Å². The van der Waals surface area contributed by atoms with Gasteiger partial charge in [0.1, 0.15) is 9.75 Å². The van der Waals surface area contributed by atoms with E-state index in [9.17, 15) is 9.59 Å². The minimum Gasteiger partial charge on any atom is -0.465 e. The molecular weight excluding hydrogens is 447 g/mol. The third kappa shape index (κ3) is 5.76. The lowest BCUT2D eigenvalue weighted by Crippen LogP contribution is -1.97. The summed E-state index contributed by atoms with van der Waals surface area (Å²) in [6.45, 7) is 1.89. The second kappa shape index (κ2) is 9.64. The van der Waals surface area contributed by atoms with Crippen LogP contribution in [-0.2, 0) is 14.8 Å². The lowest BCUT2D eigenvalue weighted by Gasteiger charge is -1.93. The first-order valence-corrected chi connectivity index (χ1v) is 9.61. The topological polar surface area (TPSA) is 52.6 Å². The van der Waals surface area contributed by atoms with E-state index in [4.69, 9.17) is 23.2 Å². The minimum atomic E-state index is -0.378. The maximum absolute atomic E-state index is 11.1. The zero-order valence-electron chi connectivity index (χ0n) is 12.4. The fraction of sp³-hybridized carbons (Fsp3) is 0.286. The monoisotopic (exact) mass is 458 g/mol. The van der Waals surface area contributed by atoms with Crippen molar-refractivity contribution < 1.29 is 19.1 Å². The Balaban J connectivity index is 0.000000231. The molecule has 2 rings (SSSR count). The minimum absolute atomic E-state index is 0.367. The van der Waals surface area contributed by atoms with Gasteiger partial charge in [0.05, 0.1) is 24.3 Å². The Morgan fingerprint density at radius 3 is 1.87 bits per heavy atom. The van der Waals surface area contributed by atoms with Gasteiger partial charge in [0.2, 0.25) is 0 Å². The quantitative estimate of drug-likeness (QED) is 0.444. The predicted octanol–water partition coefficient (Wildman–Crippen LogP) is 5.58. The molecule has 0 aliphatic rings. The normalized spacial score (nSPS) is 9.83. The molecule has 0 aliphatic heterocycles. The zero-order valence-corrected chi connectivity index (χ0v) is 17.2. The van der Waals surface area contributed by atoms with Gasteiger partial charge in [0, 0.05) is 15.1 Å². The van der Waals surface area contributed by atoms with Gasteiger partial charge in [-0.1, -0.05) is 39.1 Å². The van der Waals surface area contributed by atoms with Gasteiger partial charge in [-0.2, -0.15) is 0 Å². The Bertz CT molecular complexity index is 697. The molecule has 0 fully saturated rings. The number of aryl methyl sites for hydroxylation is 1. The maximum atomic E-state index is 11.1. The van der Waals surface area contributed by atoms with Crippen LogP contribution in [0.4, 0.5) is 0 Å². The summed E-state index contributed by atoms with van der Waals surface area (Å²) in [7, 11) is 2.68. The third-order valence-corrected chi connectivity index (χ3v) is 6.36. The molecule has 0 aliphatic carbocycles. The number of esters is 2. The maximum Gasteiger partial charge on any atom is 0.349 e. The van der Waals surface area contributed by atoms with E-state index in [0.717, 1.165) is 9.75 Å². The largest absolute Gasteiger partial charge is 0.465 e. The summed E-state index contributed by atoms with van der Waals surface area (Å²) >= 11 is 17.5. The number of hydrogen-bond acceptors (Lipinski definition) is 6. The molecule has 23 heavy (non-hydrogen) atoms. The van der Waals surface area contributed by atoms with Gasteiger partial charge >= 0.3 is 11.9 Å². The molecule has 0 bridgehead atoms. The molecule has 0 N–H and O–H groups in total. The molecule has 0 saturated carbocycles. The van der Waals surface area contributed by atoms with Gasteiger partial charge in [-0.25, -0.2) is 9.59 Å². The van der Waals surface area contributed by atoms with Crippen LogP contribution in [0.3, 0.4) is 0 Å². The van der Waals surface area contributed by atoms with Crippen LogP contribution < -0.4 is 0 Å². The first-order valence-electron chi connectivity index (χ1n) is 6.10. The third-order valence-electron chi connectivity index (χ3n) is 2.42. The lowest BCUT2D eigenvalue weighted by molar-refractivity contribution is 0.0597. The van der Waals surface area contributed by atoms with E-state index in [2.05, 4.69) is 25.4 Å². The van der Waals surface area contributed by atoms with Crippen molar-refractivity contribution >= 4 is 73.7 Å². The molecule has 0 aromatic carbocycles. The standard InChI is InChI=1S/C7H6BrClO2S.C7H7ClO2S/c1-11-7(10)6-5(9)2-4(3-8)12-6;1-4-3-5(8)6(11-4)7(9)10-2/h2H,3H2,1H3;3H,1-2H3. The first kappa shape index (κ1) is 20.4. The van der Waals surface area contributed by atoms with Crippen molar-refractivity contribution in [3.8, 4) is 0 Å². The SMILES string of the molecule is COC(=O)c1sc(C)cc1Cl.COC(=O)c1sc(CBr)cc1Cl. The van der Waals surface area contributed by atoms with Crippen LogP contribution in [0, 0.1) is 6.92 Å². The molecule has 126 valence electrons. The summed E-state index contributed by atoms with van der Waals surface area (Å²) in [6, 6.07) is 3.51. The molecule has 0 amide bonds. The van der Waals surface area contributed by atoms with Crippen molar-refractivity contribution in [1.82, 2.24) is 0 Å². The average molecular weight is 460 g/mol. The molecule has 9 heteroatoms. The highest BCUT2D eigenvalue weighted by Crippen LogP contribution is 2.29. The molecule has 4 nitrogen and oxygen atoms in total. The van der Waals surface area contributed by atoms with E-state index in [0.29, 0.717) is 25.1 Å². The van der Waals surface area contributed by atoms with E-state index in [-0.39, 0.29) is 11.9 Å². The van der Waals surface area contributed by atoms with E-state index in [1.54, 1.807) is 12.1 Å². The summed E-state index contributed by atoms with van der Waals surface area (Å²) in [5, 5.41) is 1.63. The van der Waals surface area contributed by atoms with Crippen LogP contribution in [-0.4, -0.2) is 26.2 Å². The highest BCUT2D eigenvalue weighted by atomic mass is 79.9. The van der Waals surface area contributed by atoms with Crippen molar-refractivity contribution in [3.63, 3.8) is 0 Å². The molecule has 0 unspecified atom stereocenters. The van der Waals surface area contributed by atoms with Gasteiger partial charge < -0.3 is 9.47 Å². The van der Waals surface area contributed by atoms with Crippen LogP contribution >= 0.6 is 61.8 Å². The average Bonchev–Trinajstić information content (AvgIpc) is 3.08. The molecule has 2 aromatic rings. The second-order valence-corrected chi connectivity index (χ2v) is 7.81. The summed E-state index contributed by atoms with van der Waals surface area (Å²) in [5.41, 5.74) is 0. The molecule has 2 heterocycles. The zero-order chi connectivity index (χ0) is 17.6. The summed E-state index contributed by atoms with van der Waals surface area (Å²) in [5.74, 6) is -0.745. The number of carbonyl (C=O) groups is 2. The van der Waals surface area contributed by atoms with E-state index < -0.39 is 0 Å². The number of halogens is 3. The van der Waals surface area contributed by atoms with E-state index >= 15 is 0 Å². The summed E-state index contributed by atoms with van der Waals surface area (Å²) < 4.78 is 9.06. The number of alkyl halides is 1. The van der Waals surface area contributed by atoms with Gasteiger partial charge in [-0.05, 0) is 19.1 Å². The Kier molecular flexibility index (Phi) is 8.57. The summed E-state index contributed by atoms with van der Waals surface area (Å²) in [6.07, 6.45) is 0. The van der Waals surface area contributed by atoms with Crippen molar-refractivity contribution in [2.45, 2.75) is 12.3 Å². The Labute approximate surface area is 160 Å². The van der Waals surface area contributed by atoms with Gasteiger partial charge in [0.15, 0.2) is 0 Å². The smallest absolute Gasteiger partial charge is 0.349 e. The van der Waals surface area contributed by atoms with Gasteiger partial charge in [-0.15, -0.1) is 22.7 Å². The van der Waals surface area contributed by atoms with E-state index in [1.807, 2.05) is 6.92 Å². The predicted molar refractivity (Wildman–Crippen MR) is 98.7 cm³/mol. The number of carbonyl (C=O) groups excluding carboxylic acids is 2. The van der Waals surface area contributed by atoms with Crippen molar-refractivity contribution in [2.24, 2.45) is 0 Å².